The summed E-state index contributed by atoms with van der Waals surface area (Å²) in [6, 6.07) is 18.9. The van der Waals surface area contributed by atoms with Crippen LogP contribution in [0.5, 0.6) is 0 Å². The summed E-state index contributed by atoms with van der Waals surface area (Å²) in [5.41, 5.74) is 0.537. The molecule has 0 unspecified atom stereocenters. The summed E-state index contributed by atoms with van der Waals surface area (Å²) in [5.74, 6) is -0.147. The van der Waals surface area contributed by atoms with Gasteiger partial charge in [-0.15, -0.1) is 0 Å². The van der Waals surface area contributed by atoms with Crippen LogP contribution in [-0.2, 0) is 10.3 Å². The van der Waals surface area contributed by atoms with Crippen molar-refractivity contribution in [2.45, 2.75) is 25.2 Å². The Bertz CT molecular complexity index is 729. The highest BCUT2D eigenvalue weighted by molar-refractivity contribution is 6.78. The largest absolute Gasteiger partial charge is 0.319 e. The van der Waals surface area contributed by atoms with Crippen molar-refractivity contribution in [2.75, 3.05) is 7.05 Å². The molecular formula is C19H22N2O2Si. The fourth-order valence-corrected chi connectivity index (χ4v) is 4.93. The van der Waals surface area contributed by atoms with E-state index in [4.69, 9.17) is 0 Å². The molecule has 24 heavy (non-hydrogen) atoms. The summed E-state index contributed by atoms with van der Waals surface area (Å²) >= 11 is 0. The third kappa shape index (κ3) is 2.19. The van der Waals surface area contributed by atoms with E-state index in [1.165, 1.54) is 4.57 Å². The Labute approximate surface area is 143 Å². The summed E-state index contributed by atoms with van der Waals surface area (Å²) in [5, 5.41) is 0. The molecule has 3 amide bonds. The highest BCUT2D eigenvalue weighted by Crippen LogP contribution is 2.43. The van der Waals surface area contributed by atoms with Gasteiger partial charge in [0.05, 0.1) is 0 Å². The van der Waals surface area contributed by atoms with Crippen LogP contribution in [0.1, 0.15) is 11.1 Å². The van der Waals surface area contributed by atoms with Crippen LogP contribution < -0.4 is 0 Å². The maximum atomic E-state index is 13.6. The summed E-state index contributed by atoms with van der Waals surface area (Å²) in [4.78, 5) is 28.2. The van der Waals surface area contributed by atoms with Crippen LogP contribution in [0.2, 0.25) is 19.6 Å². The number of nitrogens with zero attached hydrogens (tertiary/aromatic N) is 2. The van der Waals surface area contributed by atoms with Crippen molar-refractivity contribution in [1.82, 2.24) is 9.47 Å². The maximum Gasteiger partial charge on any atom is 0.319 e. The Hall–Kier alpha value is -2.40. The van der Waals surface area contributed by atoms with Crippen molar-refractivity contribution < 1.29 is 9.59 Å². The average molecular weight is 338 g/mol. The highest BCUT2D eigenvalue weighted by atomic mass is 28.3. The second kappa shape index (κ2) is 5.60. The Morgan fingerprint density at radius 3 is 1.54 bits per heavy atom. The minimum atomic E-state index is -2.15. The van der Waals surface area contributed by atoms with Crippen LogP contribution >= 0.6 is 0 Å². The Morgan fingerprint density at radius 1 is 0.792 bits per heavy atom. The number of urea groups is 1. The summed E-state index contributed by atoms with van der Waals surface area (Å²) in [6.45, 7) is 6.05. The lowest BCUT2D eigenvalue weighted by Gasteiger charge is -2.34. The molecule has 1 aliphatic heterocycles. The van der Waals surface area contributed by atoms with Gasteiger partial charge in [0.2, 0.25) is 0 Å². The van der Waals surface area contributed by atoms with Gasteiger partial charge < -0.3 is 4.90 Å². The lowest BCUT2D eigenvalue weighted by atomic mass is 9.82. The van der Waals surface area contributed by atoms with Crippen LogP contribution in [0.15, 0.2) is 60.7 Å². The van der Waals surface area contributed by atoms with Crippen molar-refractivity contribution in [1.29, 1.82) is 0 Å². The molecule has 0 atom stereocenters. The third-order valence-corrected chi connectivity index (χ3v) is 6.28. The van der Waals surface area contributed by atoms with Gasteiger partial charge in [-0.3, -0.25) is 9.36 Å². The first-order valence-corrected chi connectivity index (χ1v) is 11.5. The van der Waals surface area contributed by atoms with E-state index < -0.39 is 13.8 Å². The summed E-state index contributed by atoms with van der Waals surface area (Å²) < 4.78 is 1.51. The standard InChI is InChI=1S/C19H22N2O2Si/c1-20-18(23)21(24(2,3)4)17(22)19(20,15-11-7-5-8-12-15)16-13-9-6-10-14-16/h5-14H,1-4H3. The van der Waals surface area contributed by atoms with Gasteiger partial charge in [-0.05, 0) is 11.1 Å². The van der Waals surface area contributed by atoms with Crippen LogP contribution in [0, 0.1) is 0 Å². The number of carbonyl (C=O) groups excluding carboxylic acids is 2. The molecule has 0 aromatic heterocycles. The van der Waals surface area contributed by atoms with Crippen LogP contribution in [-0.4, -0.2) is 36.7 Å². The molecule has 1 saturated heterocycles. The fraction of sp³-hybridized carbons (Fsp3) is 0.263. The van der Waals surface area contributed by atoms with Gasteiger partial charge in [0, 0.05) is 7.05 Å². The number of likely N-dealkylation sites (N-methyl/N-ethyl adjacent to an activating group) is 1. The zero-order valence-electron chi connectivity index (χ0n) is 14.5. The molecule has 2 aromatic rings. The molecule has 5 heteroatoms. The first-order valence-electron chi connectivity index (χ1n) is 8.04. The minimum Gasteiger partial charge on any atom is -0.305 e. The molecule has 0 N–H and O–H groups in total. The summed E-state index contributed by atoms with van der Waals surface area (Å²) in [6.07, 6.45) is 0. The first kappa shape index (κ1) is 16.5. The van der Waals surface area contributed by atoms with Crippen molar-refractivity contribution in [3.63, 3.8) is 0 Å². The van der Waals surface area contributed by atoms with Crippen molar-refractivity contribution >= 4 is 20.2 Å². The SMILES string of the molecule is CN1C(=O)N([Si](C)(C)C)C(=O)C1(c1ccccc1)c1ccccc1. The molecule has 0 aliphatic carbocycles. The van der Waals surface area contributed by atoms with Gasteiger partial charge in [-0.1, -0.05) is 80.3 Å². The number of hydrogen-bond donors (Lipinski definition) is 0. The van der Waals surface area contributed by atoms with E-state index in [9.17, 15) is 9.59 Å². The van der Waals surface area contributed by atoms with E-state index in [0.29, 0.717) is 0 Å². The molecule has 0 spiro atoms. The predicted molar refractivity (Wildman–Crippen MR) is 97.0 cm³/mol. The fourth-order valence-electron chi connectivity index (χ4n) is 3.44. The normalized spacial score (nSPS) is 17.5. The van der Waals surface area contributed by atoms with E-state index in [1.54, 1.807) is 11.9 Å². The van der Waals surface area contributed by atoms with Gasteiger partial charge in [0.15, 0.2) is 13.8 Å². The number of hydrogen-bond acceptors (Lipinski definition) is 2. The average Bonchev–Trinajstić information content (AvgIpc) is 2.76. The zero-order valence-corrected chi connectivity index (χ0v) is 15.5. The van der Waals surface area contributed by atoms with E-state index in [0.717, 1.165) is 11.1 Å². The molecule has 2 aromatic carbocycles. The molecule has 4 nitrogen and oxygen atoms in total. The van der Waals surface area contributed by atoms with Gasteiger partial charge in [0.1, 0.15) is 0 Å². The van der Waals surface area contributed by atoms with Gasteiger partial charge in [0.25, 0.3) is 5.91 Å². The third-order valence-electron chi connectivity index (χ3n) is 4.55. The number of amides is 3. The molecular weight excluding hydrogens is 316 g/mol. The molecule has 0 bridgehead atoms. The smallest absolute Gasteiger partial charge is 0.305 e. The van der Waals surface area contributed by atoms with Crippen LogP contribution in [0.4, 0.5) is 4.79 Å². The molecule has 1 heterocycles. The number of imide groups is 1. The predicted octanol–water partition coefficient (Wildman–Crippen LogP) is 3.66. The van der Waals surface area contributed by atoms with E-state index >= 15 is 0 Å². The van der Waals surface area contributed by atoms with Crippen LogP contribution in [0.3, 0.4) is 0 Å². The lowest BCUT2D eigenvalue weighted by Crippen LogP contribution is -2.51. The van der Waals surface area contributed by atoms with Gasteiger partial charge >= 0.3 is 6.03 Å². The molecule has 3 rings (SSSR count). The Kier molecular flexibility index (Phi) is 3.84. The molecule has 0 radical (unpaired) electrons. The van der Waals surface area contributed by atoms with E-state index in [2.05, 4.69) is 0 Å². The first-order chi connectivity index (χ1) is 11.3. The second-order valence-corrected chi connectivity index (χ2v) is 11.9. The van der Waals surface area contributed by atoms with Crippen molar-refractivity contribution in [3.8, 4) is 0 Å². The van der Waals surface area contributed by atoms with E-state index in [1.807, 2.05) is 80.3 Å². The van der Waals surface area contributed by atoms with E-state index in [-0.39, 0.29) is 11.9 Å². The van der Waals surface area contributed by atoms with Gasteiger partial charge in [-0.2, -0.15) is 0 Å². The molecule has 124 valence electrons. The zero-order chi connectivity index (χ0) is 17.5. The Morgan fingerprint density at radius 2 is 1.21 bits per heavy atom. The molecule has 0 saturated carbocycles. The number of benzene rings is 2. The van der Waals surface area contributed by atoms with Gasteiger partial charge in [-0.25, -0.2) is 4.79 Å². The monoisotopic (exact) mass is 338 g/mol. The lowest BCUT2D eigenvalue weighted by molar-refractivity contribution is -0.129. The number of carbonyl (C=O) groups is 2. The minimum absolute atomic E-state index is 0.147. The highest BCUT2D eigenvalue weighted by Gasteiger charge is 2.60. The van der Waals surface area contributed by atoms with Crippen molar-refractivity contribution in [2.24, 2.45) is 0 Å². The second-order valence-electron chi connectivity index (χ2n) is 7.10. The molecule has 1 aliphatic rings. The topological polar surface area (TPSA) is 40.6 Å². The number of rotatable bonds is 3. The summed E-state index contributed by atoms with van der Waals surface area (Å²) in [7, 11) is -0.432. The molecule has 1 fully saturated rings. The Balaban J connectivity index is 2.31. The maximum absolute atomic E-state index is 13.6. The van der Waals surface area contributed by atoms with Crippen LogP contribution in [0.25, 0.3) is 0 Å². The van der Waals surface area contributed by atoms with Crippen molar-refractivity contribution in [3.05, 3.63) is 71.8 Å². The quantitative estimate of drug-likeness (QED) is 0.633.